The number of carbonyl (C=O) groups is 1. The van der Waals surface area contributed by atoms with E-state index in [2.05, 4.69) is 10.5 Å². The number of rotatable bonds is 6. The van der Waals surface area contributed by atoms with Crippen LogP contribution in [0, 0.1) is 0 Å². The van der Waals surface area contributed by atoms with E-state index in [4.69, 9.17) is 9.84 Å². The van der Waals surface area contributed by atoms with Crippen molar-refractivity contribution in [3.63, 3.8) is 0 Å². The van der Waals surface area contributed by atoms with Crippen LogP contribution in [0.3, 0.4) is 0 Å². The van der Waals surface area contributed by atoms with Gasteiger partial charge in [-0.15, -0.1) is 0 Å². The van der Waals surface area contributed by atoms with Crippen LogP contribution in [0.25, 0.3) is 0 Å². The number of amides is 1. The fraction of sp³-hybridized carbons (Fsp3) is 0.176. The summed E-state index contributed by atoms with van der Waals surface area (Å²) in [6, 6.07) is 13.9. The molecule has 2 rings (SSSR count). The minimum atomic E-state index is -0.195. The molecular weight excluding hydrogens is 280 g/mol. The van der Waals surface area contributed by atoms with Crippen molar-refractivity contribution in [3.05, 3.63) is 59.7 Å². The number of carbonyl (C=O) groups excluding carboxylic acids is 1. The summed E-state index contributed by atoms with van der Waals surface area (Å²) in [4.78, 5) is 11.8. The fourth-order valence-electron chi connectivity index (χ4n) is 1.83. The number of hydrogen-bond donors (Lipinski definition) is 2. The first-order valence-electron chi connectivity index (χ1n) is 7.00. The Bertz CT molecular complexity index is 634. The SMILES string of the molecule is CCOc1ccc(CC(=O)N/N=C/c2ccc(O)cc2)cc1. The highest BCUT2D eigenvalue weighted by Gasteiger charge is 2.02. The normalized spacial score (nSPS) is 10.6. The van der Waals surface area contributed by atoms with Crippen LogP contribution in [0.1, 0.15) is 18.1 Å². The predicted molar refractivity (Wildman–Crippen MR) is 85.2 cm³/mol. The predicted octanol–water partition coefficient (Wildman–Crippen LogP) is 2.48. The van der Waals surface area contributed by atoms with Gasteiger partial charge in [0, 0.05) is 0 Å². The van der Waals surface area contributed by atoms with Gasteiger partial charge in [0.05, 0.1) is 19.2 Å². The van der Waals surface area contributed by atoms with Crippen molar-refractivity contribution in [1.82, 2.24) is 5.43 Å². The van der Waals surface area contributed by atoms with Crippen LogP contribution in [0.4, 0.5) is 0 Å². The van der Waals surface area contributed by atoms with Gasteiger partial charge in [0.1, 0.15) is 11.5 Å². The van der Waals surface area contributed by atoms with E-state index >= 15 is 0 Å². The summed E-state index contributed by atoms with van der Waals surface area (Å²) in [5.41, 5.74) is 4.15. The Kier molecular flexibility index (Phi) is 5.54. The average Bonchev–Trinajstić information content (AvgIpc) is 2.51. The molecule has 22 heavy (non-hydrogen) atoms. The van der Waals surface area contributed by atoms with Crippen LogP contribution in [0.5, 0.6) is 11.5 Å². The van der Waals surface area contributed by atoms with Gasteiger partial charge in [0.15, 0.2) is 0 Å². The van der Waals surface area contributed by atoms with Gasteiger partial charge < -0.3 is 9.84 Å². The lowest BCUT2D eigenvalue weighted by molar-refractivity contribution is -0.120. The number of nitrogens with one attached hydrogen (secondary N) is 1. The van der Waals surface area contributed by atoms with Crippen molar-refractivity contribution in [3.8, 4) is 11.5 Å². The Morgan fingerprint density at radius 2 is 1.86 bits per heavy atom. The first-order valence-corrected chi connectivity index (χ1v) is 7.00. The van der Waals surface area contributed by atoms with Crippen LogP contribution in [0.15, 0.2) is 53.6 Å². The number of aromatic hydroxyl groups is 1. The molecule has 1 amide bonds. The lowest BCUT2D eigenvalue weighted by Crippen LogP contribution is -2.19. The van der Waals surface area contributed by atoms with Crippen molar-refractivity contribution >= 4 is 12.1 Å². The third kappa shape index (κ3) is 4.94. The zero-order valence-corrected chi connectivity index (χ0v) is 12.3. The standard InChI is InChI=1S/C17H18N2O3/c1-2-22-16-9-5-13(6-10-16)11-17(21)19-18-12-14-3-7-15(20)8-4-14/h3-10,12,20H,2,11H2,1H3,(H,19,21)/b18-12+. The highest BCUT2D eigenvalue weighted by Crippen LogP contribution is 2.12. The maximum atomic E-state index is 11.8. The Labute approximate surface area is 129 Å². The Morgan fingerprint density at radius 3 is 2.50 bits per heavy atom. The zero-order valence-electron chi connectivity index (χ0n) is 12.3. The maximum absolute atomic E-state index is 11.8. The molecule has 5 nitrogen and oxygen atoms in total. The number of phenols is 1. The molecule has 0 unspecified atom stereocenters. The molecule has 0 aliphatic rings. The summed E-state index contributed by atoms with van der Waals surface area (Å²) in [5, 5.41) is 13.0. The van der Waals surface area contributed by atoms with Gasteiger partial charge in [-0.3, -0.25) is 4.79 Å². The van der Waals surface area contributed by atoms with Crippen LogP contribution >= 0.6 is 0 Å². The maximum Gasteiger partial charge on any atom is 0.244 e. The van der Waals surface area contributed by atoms with E-state index < -0.39 is 0 Å². The Balaban J connectivity index is 1.83. The summed E-state index contributed by atoms with van der Waals surface area (Å²) in [6.45, 7) is 2.54. The molecule has 2 aromatic carbocycles. The minimum Gasteiger partial charge on any atom is -0.508 e. The van der Waals surface area contributed by atoms with Gasteiger partial charge in [0.25, 0.3) is 0 Å². The van der Waals surface area contributed by atoms with Crippen molar-refractivity contribution in [1.29, 1.82) is 0 Å². The van der Waals surface area contributed by atoms with E-state index in [-0.39, 0.29) is 18.1 Å². The molecule has 0 radical (unpaired) electrons. The largest absolute Gasteiger partial charge is 0.508 e. The van der Waals surface area contributed by atoms with Crippen LogP contribution in [0.2, 0.25) is 0 Å². The molecule has 0 heterocycles. The topological polar surface area (TPSA) is 70.9 Å². The second-order valence-electron chi connectivity index (χ2n) is 4.64. The number of ether oxygens (including phenoxy) is 1. The number of phenolic OH excluding ortho intramolecular Hbond substituents is 1. The van der Waals surface area contributed by atoms with Gasteiger partial charge in [-0.2, -0.15) is 5.10 Å². The molecular formula is C17H18N2O3. The number of hydrogen-bond acceptors (Lipinski definition) is 4. The van der Waals surface area contributed by atoms with Crippen molar-refractivity contribution in [2.24, 2.45) is 5.10 Å². The number of nitrogens with zero attached hydrogens (tertiary/aromatic N) is 1. The van der Waals surface area contributed by atoms with Crippen molar-refractivity contribution in [2.45, 2.75) is 13.3 Å². The smallest absolute Gasteiger partial charge is 0.244 e. The third-order valence-corrected chi connectivity index (χ3v) is 2.89. The average molecular weight is 298 g/mol. The number of hydrazone groups is 1. The van der Waals surface area contributed by atoms with Gasteiger partial charge in [-0.1, -0.05) is 12.1 Å². The summed E-state index contributed by atoms with van der Waals surface area (Å²) >= 11 is 0. The van der Waals surface area contributed by atoms with Crippen molar-refractivity contribution < 1.29 is 14.6 Å². The third-order valence-electron chi connectivity index (χ3n) is 2.89. The van der Waals surface area contributed by atoms with Crippen LogP contribution < -0.4 is 10.2 Å². The second kappa shape index (κ2) is 7.83. The highest BCUT2D eigenvalue weighted by atomic mass is 16.5. The first kappa shape index (κ1) is 15.6. The molecule has 114 valence electrons. The quantitative estimate of drug-likeness (QED) is 0.636. The molecule has 0 bridgehead atoms. The fourth-order valence-corrected chi connectivity index (χ4v) is 1.83. The summed E-state index contributed by atoms with van der Waals surface area (Å²) in [5.74, 6) is 0.785. The second-order valence-corrected chi connectivity index (χ2v) is 4.64. The molecule has 0 fully saturated rings. The van der Waals surface area contributed by atoms with Gasteiger partial charge >= 0.3 is 0 Å². The number of benzene rings is 2. The summed E-state index contributed by atoms with van der Waals surface area (Å²) < 4.78 is 5.35. The molecule has 2 aromatic rings. The molecule has 0 spiro atoms. The Hall–Kier alpha value is -2.82. The van der Waals surface area contributed by atoms with Gasteiger partial charge in [0.2, 0.25) is 5.91 Å². The van der Waals surface area contributed by atoms with E-state index in [1.165, 1.54) is 6.21 Å². The van der Waals surface area contributed by atoms with E-state index in [1.807, 2.05) is 31.2 Å². The molecule has 0 aromatic heterocycles. The van der Waals surface area contributed by atoms with E-state index in [9.17, 15) is 4.79 Å². The molecule has 0 aliphatic heterocycles. The molecule has 5 heteroatoms. The van der Waals surface area contributed by atoms with Gasteiger partial charge in [-0.05, 0) is 54.4 Å². The van der Waals surface area contributed by atoms with Crippen LogP contribution in [-0.2, 0) is 11.2 Å². The molecule has 0 saturated carbocycles. The lowest BCUT2D eigenvalue weighted by atomic mass is 10.1. The molecule has 0 saturated heterocycles. The highest BCUT2D eigenvalue weighted by molar-refractivity contribution is 5.83. The van der Waals surface area contributed by atoms with E-state index in [0.717, 1.165) is 16.9 Å². The minimum absolute atomic E-state index is 0.191. The van der Waals surface area contributed by atoms with E-state index in [0.29, 0.717) is 6.61 Å². The zero-order chi connectivity index (χ0) is 15.8. The molecule has 0 aliphatic carbocycles. The summed E-state index contributed by atoms with van der Waals surface area (Å²) in [6.07, 6.45) is 1.77. The molecule has 2 N–H and O–H groups in total. The van der Waals surface area contributed by atoms with Crippen LogP contribution in [-0.4, -0.2) is 23.8 Å². The summed E-state index contributed by atoms with van der Waals surface area (Å²) in [7, 11) is 0. The first-order chi connectivity index (χ1) is 10.7. The van der Waals surface area contributed by atoms with Gasteiger partial charge in [-0.25, -0.2) is 5.43 Å². The monoisotopic (exact) mass is 298 g/mol. The molecule has 0 atom stereocenters. The van der Waals surface area contributed by atoms with E-state index in [1.54, 1.807) is 24.3 Å². The van der Waals surface area contributed by atoms with Crippen molar-refractivity contribution in [2.75, 3.05) is 6.61 Å². The lowest BCUT2D eigenvalue weighted by Gasteiger charge is -2.04. The Morgan fingerprint density at radius 1 is 1.18 bits per heavy atom.